The molecule has 3 aliphatic rings. The first-order valence-electron chi connectivity index (χ1n) is 11.1. The van der Waals surface area contributed by atoms with Gasteiger partial charge in [-0.05, 0) is 66.1 Å². The Hall–Kier alpha value is -3.26. The third-order valence-electron chi connectivity index (χ3n) is 7.74. The lowest BCUT2D eigenvalue weighted by Gasteiger charge is -2.48. The highest BCUT2D eigenvalue weighted by atomic mass is 16.1. The predicted octanol–water partition coefficient (Wildman–Crippen LogP) is 6.63. The van der Waals surface area contributed by atoms with Gasteiger partial charge in [0.15, 0.2) is 5.78 Å². The standard InChI is InChI=1S/C29H25NO/c1-20-9-13-24(14-10-20)28-17-25(26-8-4-5-15-30-26)29(18-28,19-28)27(31)23-12-11-21-6-2-3-7-22(21)16-23/h2-16,25H,17-19H2,1H3/t25-,28?,29?/m0/s1. The van der Waals surface area contributed by atoms with Crippen molar-refractivity contribution in [2.24, 2.45) is 5.41 Å². The fourth-order valence-corrected chi connectivity index (χ4v) is 6.27. The molecule has 31 heavy (non-hydrogen) atoms. The number of aromatic nitrogens is 1. The molecule has 2 nitrogen and oxygen atoms in total. The molecule has 0 unspecified atom stereocenters. The Morgan fingerprint density at radius 1 is 0.871 bits per heavy atom. The second-order valence-corrected chi connectivity index (χ2v) is 9.56. The van der Waals surface area contributed by atoms with Crippen LogP contribution in [0, 0.1) is 12.3 Å². The minimum absolute atomic E-state index is 0.0857. The third-order valence-corrected chi connectivity index (χ3v) is 7.74. The van der Waals surface area contributed by atoms with Crippen LogP contribution in [0.5, 0.6) is 0 Å². The van der Waals surface area contributed by atoms with Crippen molar-refractivity contribution in [3.63, 3.8) is 0 Å². The summed E-state index contributed by atoms with van der Waals surface area (Å²) < 4.78 is 0. The van der Waals surface area contributed by atoms with Crippen LogP contribution in [0.4, 0.5) is 0 Å². The molecule has 3 aliphatic carbocycles. The zero-order valence-electron chi connectivity index (χ0n) is 17.7. The number of hydrogen-bond donors (Lipinski definition) is 0. The number of Topliss-reactive ketones (excluding diaryl/α,β-unsaturated/α-hetero) is 1. The number of nitrogens with zero attached hydrogens (tertiary/aromatic N) is 1. The molecule has 1 atom stereocenters. The van der Waals surface area contributed by atoms with E-state index < -0.39 is 0 Å². The highest BCUT2D eigenvalue weighted by Crippen LogP contribution is 2.73. The van der Waals surface area contributed by atoms with Crippen LogP contribution in [0.25, 0.3) is 10.8 Å². The smallest absolute Gasteiger partial charge is 0.169 e. The molecule has 0 spiro atoms. The van der Waals surface area contributed by atoms with Gasteiger partial charge in [-0.25, -0.2) is 0 Å². The summed E-state index contributed by atoms with van der Waals surface area (Å²) in [6.07, 6.45) is 4.68. The Balaban J connectivity index is 1.43. The number of benzene rings is 3. The quantitative estimate of drug-likeness (QED) is 0.358. The first-order valence-corrected chi connectivity index (χ1v) is 11.1. The van der Waals surface area contributed by atoms with Gasteiger partial charge in [-0.3, -0.25) is 9.78 Å². The number of carbonyl (C=O) groups is 1. The van der Waals surface area contributed by atoms with Crippen molar-refractivity contribution in [2.45, 2.75) is 37.5 Å². The first-order chi connectivity index (χ1) is 15.1. The zero-order chi connectivity index (χ0) is 21.1. The summed E-state index contributed by atoms with van der Waals surface area (Å²) in [5.41, 5.74) is 4.27. The van der Waals surface area contributed by atoms with Gasteiger partial charge in [0.2, 0.25) is 0 Å². The average Bonchev–Trinajstić information content (AvgIpc) is 3.32. The van der Waals surface area contributed by atoms with Crippen LogP contribution in [0.2, 0.25) is 0 Å². The molecule has 2 heteroatoms. The molecule has 0 amide bonds. The normalized spacial score (nSPS) is 26.5. The number of hydrogen-bond acceptors (Lipinski definition) is 2. The third kappa shape index (κ3) is 2.71. The Bertz CT molecular complexity index is 1280. The lowest BCUT2D eigenvalue weighted by Crippen LogP contribution is -2.47. The van der Waals surface area contributed by atoms with Crippen LogP contribution in [-0.4, -0.2) is 10.8 Å². The SMILES string of the molecule is Cc1ccc(C23C[C@@H](c4ccccn4)C(C(=O)c4ccc5ccccc5c4)(C2)C3)cc1. The summed E-state index contributed by atoms with van der Waals surface area (Å²) in [7, 11) is 0. The highest BCUT2D eigenvalue weighted by molar-refractivity contribution is 6.05. The number of aryl methyl sites for hydroxylation is 1. The number of carbonyl (C=O) groups excluding carboxylic acids is 1. The van der Waals surface area contributed by atoms with Crippen molar-refractivity contribution in [3.8, 4) is 0 Å². The molecule has 3 aromatic carbocycles. The van der Waals surface area contributed by atoms with Crippen LogP contribution >= 0.6 is 0 Å². The molecule has 2 bridgehead atoms. The number of ketones is 1. The number of fused-ring (bicyclic) bond motifs is 2. The highest BCUT2D eigenvalue weighted by Gasteiger charge is 2.70. The Kier molecular flexibility index (Phi) is 3.95. The summed E-state index contributed by atoms with van der Waals surface area (Å²) in [5.74, 6) is 0.447. The Morgan fingerprint density at radius 3 is 2.35 bits per heavy atom. The van der Waals surface area contributed by atoms with Crippen LogP contribution in [0.1, 0.15) is 52.4 Å². The van der Waals surface area contributed by atoms with Crippen LogP contribution in [0.3, 0.4) is 0 Å². The summed E-state index contributed by atoms with van der Waals surface area (Å²) >= 11 is 0. The summed E-state index contributed by atoms with van der Waals surface area (Å²) in [6.45, 7) is 2.13. The lowest BCUT2D eigenvalue weighted by atomic mass is 9.54. The fourth-order valence-electron chi connectivity index (χ4n) is 6.27. The van der Waals surface area contributed by atoms with Gasteiger partial charge < -0.3 is 0 Å². The minimum Gasteiger partial charge on any atom is -0.294 e. The molecule has 1 heterocycles. The zero-order valence-corrected chi connectivity index (χ0v) is 17.7. The van der Waals surface area contributed by atoms with Crippen LogP contribution < -0.4 is 0 Å². The van der Waals surface area contributed by atoms with Gasteiger partial charge in [-0.2, -0.15) is 0 Å². The van der Waals surface area contributed by atoms with Crippen molar-refractivity contribution in [1.29, 1.82) is 0 Å². The molecule has 152 valence electrons. The average molecular weight is 404 g/mol. The van der Waals surface area contributed by atoms with Crippen LogP contribution in [0.15, 0.2) is 91.1 Å². The molecule has 1 aromatic heterocycles. The van der Waals surface area contributed by atoms with E-state index in [1.54, 1.807) is 0 Å². The topological polar surface area (TPSA) is 30.0 Å². The van der Waals surface area contributed by atoms with E-state index in [2.05, 4.69) is 61.5 Å². The maximum atomic E-state index is 14.0. The van der Waals surface area contributed by atoms with E-state index in [-0.39, 0.29) is 22.5 Å². The van der Waals surface area contributed by atoms with Crippen molar-refractivity contribution in [3.05, 3.63) is 114 Å². The second kappa shape index (κ2) is 6.62. The first kappa shape index (κ1) is 18.5. The maximum absolute atomic E-state index is 14.0. The summed E-state index contributed by atoms with van der Waals surface area (Å²) in [5, 5.41) is 2.30. The van der Waals surface area contributed by atoms with Gasteiger partial charge in [0, 0.05) is 28.8 Å². The molecule has 0 saturated heterocycles. The van der Waals surface area contributed by atoms with E-state index in [1.807, 2.05) is 36.5 Å². The van der Waals surface area contributed by atoms with E-state index in [4.69, 9.17) is 4.98 Å². The van der Waals surface area contributed by atoms with Crippen molar-refractivity contribution in [1.82, 2.24) is 4.98 Å². The minimum atomic E-state index is -0.359. The molecule has 3 fully saturated rings. The summed E-state index contributed by atoms with van der Waals surface area (Å²) in [6, 6.07) is 29.5. The van der Waals surface area contributed by atoms with Gasteiger partial charge in [0.05, 0.1) is 0 Å². The van der Waals surface area contributed by atoms with Gasteiger partial charge in [-0.15, -0.1) is 0 Å². The van der Waals surface area contributed by atoms with Gasteiger partial charge in [-0.1, -0.05) is 72.3 Å². The van der Waals surface area contributed by atoms with E-state index in [0.29, 0.717) is 0 Å². The second-order valence-electron chi connectivity index (χ2n) is 9.56. The molecule has 0 N–H and O–H groups in total. The predicted molar refractivity (Wildman–Crippen MR) is 124 cm³/mol. The molecular weight excluding hydrogens is 378 g/mol. The molecule has 7 rings (SSSR count). The molecule has 0 radical (unpaired) electrons. The largest absolute Gasteiger partial charge is 0.294 e. The van der Waals surface area contributed by atoms with E-state index in [9.17, 15) is 4.79 Å². The van der Waals surface area contributed by atoms with Crippen molar-refractivity contribution in [2.75, 3.05) is 0 Å². The van der Waals surface area contributed by atoms with Crippen molar-refractivity contribution >= 4 is 16.6 Å². The lowest BCUT2D eigenvalue weighted by molar-refractivity contribution is 0.0537. The number of pyridine rings is 1. The Labute approximate surface area is 183 Å². The van der Waals surface area contributed by atoms with Crippen LogP contribution in [-0.2, 0) is 5.41 Å². The number of rotatable bonds is 4. The van der Waals surface area contributed by atoms with E-state index in [0.717, 1.165) is 35.9 Å². The van der Waals surface area contributed by atoms with Gasteiger partial charge in [0.1, 0.15) is 0 Å². The molecule has 3 saturated carbocycles. The summed E-state index contributed by atoms with van der Waals surface area (Å²) in [4.78, 5) is 18.7. The monoisotopic (exact) mass is 403 g/mol. The maximum Gasteiger partial charge on any atom is 0.169 e. The van der Waals surface area contributed by atoms with Gasteiger partial charge in [0.25, 0.3) is 0 Å². The van der Waals surface area contributed by atoms with Crippen molar-refractivity contribution < 1.29 is 4.79 Å². The molecular formula is C29H25NO. The molecule has 0 aliphatic heterocycles. The van der Waals surface area contributed by atoms with Gasteiger partial charge >= 0.3 is 0 Å². The Morgan fingerprint density at radius 2 is 1.61 bits per heavy atom. The van der Waals surface area contributed by atoms with E-state index in [1.165, 1.54) is 16.5 Å². The van der Waals surface area contributed by atoms with E-state index >= 15 is 0 Å². The molecule has 4 aromatic rings. The fraction of sp³-hybridized carbons (Fsp3) is 0.241.